The lowest BCUT2D eigenvalue weighted by molar-refractivity contribution is 0.406. The number of ether oxygens (including phenoxy) is 1. The maximum absolute atomic E-state index is 12.1. The Hall–Kier alpha value is -1.82. The molecule has 0 aliphatic rings. The Morgan fingerprint density at radius 1 is 1.38 bits per heavy atom. The molecule has 0 fully saturated rings. The Morgan fingerprint density at radius 2 is 2.19 bits per heavy atom. The van der Waals surface area contributed by atoms with Gasteiger partial charge in [-0.1, -0.05) is 22.9 Å². The summed E-state index contributed by atoms with van der Waals surface area (Å²) in [7, 11) is 1.61. The molecule has 2 rings (SSSR count). The number of methoxy groups -OCH3 is 1. The summed E-state index contributed by atoms with van der Waals surface area (Å²) >= 11 is 3.42. The lowest BCUT2D eigenvalue weighted by atomic mass is 10.2. The maximum atomic E-state index is 12.1. The zero-order valence-corrected chi connectivity index (χ0v) is 13.7. The largest absolute Gasteiger partial charge is 0.496 e. The molecule has 1 aromatic carbocycles. The third-order valence-electron chi connectivity index (χ3n) is 3.01. The predicted molar refractivity (Wildman–Crippen MR) is 87.1 cm³/mol. The average molecular weight is 352 g/mol. The second-order valence-corrected chi connectivity index (χ2v) is 5.54. The summed E-state index contributed by atoms with van der Waals surface area (Å²) in [6, 6.07) is 7.25. The van der Waals surface area contributed by atoms with E-state index in [2.05, 4.69) is 33.3 Å². The van der Waals surface area contributed by atoms with Gasteiger partial charge >= 0.3 is 0 Å². The number of aromatic nitrogens is 2. The van der Waals surface area contributed by atoms with Gasteiger partial charge in [0.1, 0.15) is 5.75 Å². The third kappa shape index (κ3) is 4.07. The molecule has 1 heterocycles. The minimum atomic E-state index is -0.141. The van der Waals surface area contributed by atoms with Gasteiger partial charge in [0.2, 0.25) is 0 Å². The summed E-state index contributed by atoms with van der Waals surface area (Å²) in [5.41, 5.74) is 1.51. The maximum Gasteiger partial charge on any atom is 0.269 e. The summed E-state index contributed by atoms with van der Waals surface area (Å²) < 4.78 is 7.67. The summed E-state index contributed by atoms with van der Waals surface area (Å²) in [5, 5.41) is 7.35. The van der Waals surface area contributed by atoms with Crippen LogP contribution in [0.5, 0.6) is 5.75 Å². The molecule has 0 saturated heterocycles. The number of hydrogen-bond acceptors (Lipinski definition) is 4. The number of halogens is 1. The molecule has 0 saturated carbocycles. The average Bonchev–Trinajstić information content (AvgIpc) is 2.48. The lowest BCUT2D eigenvalue weighted by Crippen LogP contribution is -2.23. The van der Waals surface area contributed by atoms with E-state index in [1.54, 1.807) is 19.4 Å². The smallest absolute Gasteiger partial charge is 0.269 e. The molecule has 1 N–H and O–H groups in total. The van der Waals surface area contributed by atoms with Crippen molar-refractivity contribution in [2.45, 2.75) is 19.9 Å². The number of rotatable bonds is 6. The second-order valence-electron chi connectivity index (χ2n) is 4.62. The van der Waals surface area contributed by atoms with Gasteiger partial charge in [0.25, 0.3) is 5.56 Å². The zero-order valence-electron chi connectivity index (χ0n) is 12.1. The molecule has 5 nitrogen and oxygen atoms in total. The molecule has 0 aliphatic heterocycles. The minimum Gasteiger partial charge on any atom is -0.496 e. The highest BCUT2D eigenvalue weighted by molar-refractivity contribution is 9.10. The van der Waals surface area contributed by atoms with Crippen LogP contribution < -0.4 is 15.6 Å². The number of benzene rings is 1. The van der Waals surface area contributed by atoms with E-state index < -0.39 is 0 Å². The molecule has 0 atom stereocenters. The molecule has 21 heavy (non-hydrogen) atoms. The van der Waals surface area contributed by atoms with E-state index in [1.165, 1.54) is 4.68 Å². The van der Waals surface area contributed by atoms with Gasteiger partial charge in [-0.2, -0.15) is 5.10 Å². The third-order valence-corrected chi connectivity index (χ3v) is 3.50. The fourth-order valence-corrected chi connectivity index (χ4v) is 2.36. The van der Waals surface area contributed by atoms with Gasteiger partial charge in [-0.15, -0.1) is 0 Å². The van der Waals surface area contributed by atoms with Gasteiger partial charge in [-0.25, -0.2) is 4.68 Å². The topological polar surface area (TPSA) is 56.1 Å². The van der Waals surface area contributed by atoms with Crippen molar-refractivity contribution in [3.05, 3.63) is 50.9 Å². The standard InChI is InChI=1S/C15H18BrN3O2/c1-3-6-17-13-8-15(20)19(18-9-13)10-11-7-12(16)4-5-14(11)21-2/h4-5,7-9,17H,3,6,10H2,1-2H3. The Labute approximate surface area is 132 Å². The van der Waals surface area contributed by atoms with Crippen molar-refractivity contribution in [3.63, 3.8) is 0 Å². The summed E-state index contributed by atoms with van der Waals surface area (Å²) in [5.74, 6) is 0.736. The highest BCUT2D eigenvalue weighted by atomic mass is 79.9. The Balaban J connectivity index is 2.24. The number of nitrogens with zero attached hydrogens (tertiary/aromatic N) is 2. The molecule has 2 aromatic rings. The Bertz CT molecular complexity index is 670. The normalized spacial score (nSPS) is 10.4. The Kier molecular flexibility index (Phi) is 5.38. The van der Waals surface area contributed by atoms with E-state index in [9.17, 15) is 4.79 Å². The van der Waals surface area contributed by atoms with Crippen molar-refractivity contribution >= 4 is 21.6 Å². The van der Waals surface area contributed by atoms with Crippen LogP contribution in [-0.4, -0.2) is 23.4 Å². The van der Waals surface area contributed by atoms with Crippen LogP contribution in [0.3, 0.4) is 0 Å². The Morgan fingerprint density at radius 3 is 2.86 bits per heavy atom. The first-order chi connectivity index (χ1) is 10.1. The van der Waals surface area contributed by atoms with Crippen molar-refractivity contribution < 1.29 is 4.74 Å². The van der Waals surface area contributed by atoms with Crippen LogP contribution in [-0.2, 0) is 6.54 Å². The molecular formula is C15H18BrN3O2. The van der Waals surface area contributed by atoms with Crippen LogP contribution in [0.15, 0.2) is 39.7 Å². The minimum absolute atomic E-state index is 0.141. The number of nitrogens with one attached hydrogen (secondary N) is 1. The van der Waals surface area contributed by atoms with Crippen LogP contribution in [0.4, 0.5) is 5.69 Å². The molecule has 0 amide bonds. The first-order valence-electron chi connectivity index (χ1n) is 6.77. The number of hydrogen-bond donors (Lipinski definition) is 1. The SMILES string of the molecule is CCCNc1cnn(Cc2cc(Br)ccc2OC)c(=O)c1. The quantitative estimate of drug-likeness (QED) is 0.869. The predicted octanol–water partition coefficient (Wildman–Crippen LogP) is 2.88. The van der Waals surface area contributed by atoms with E-state index in [-0.39, 0.29) is 5.56 Å². The molecule has 0 spiro atoms. The first kappa shape index (κ1) is 15.6. The van der Waals surface area contributed by atoms with E-state index in [0.717, 1.165) is 34.4 Å². The van der Waals surface area contributed by atoms with Crippen LogP contribution in [0, 0.1) is 0 Å². The molecule has 0 aliphatic carbocycles. The number of anilines is 1. The van der Waals surface area contributed by atoms with Crippen LogP contribution in [0.1, 0.15) is 18.9 Å². The zero-order chi connectivity index (χ0) is 15.2. The summed E-state index contributed by atoms with van der Waals surface area (Å²) in [6.45, 7) is 3.27. The highest BCUT2D eigenvalue weighted by Gasteiger charge is 2.07. The molecule has 0 unspecified atom stereocenters. The highest BCUT2D eigenvalue weighted by Crippen LogP contribution is 2.23. The van der Waals surface area contributed by atoms with Crippen molar-refractivity contribution in [2.75, 3.05) is 19.0 Å². The molecule has 6 heteroatoms. The van der Waals surface area contributed by atoms with Crippen LogP contribution in [0.25, 0.3) is 0 Å². The summed E-state index contributed by atoms with van der Waals surface area (Å²) in [4.78, 5) is 12.1. The summed E-state index contributed by atoms with van der Waals surface area (Å²) in [6.07, 6.45) is 2.67. The van der Waals surface area contributed by atoms with E-state index in [0.29, 0.717) is 6.54 Å². The van der Waals surface area contributed by atoms with Crippen molar-refractivity contribution in [1.82, 2.24) is 9.78 Å². The molecular weight excluding hydrogens is 334 g/mol. The van der Waals surface area contributed by atoms with Gasteiger partial charge in [-0.05, 0) is 24.6 Å². The fraction of sp³-hybridized carbons (Fsp3) is 0.333. The molecule has 1 aromatic heterocycles. The van der Waals surface area contributed by atoms with E-state index in [1.807, 2.05) is 18.2 Å². The van der Waals surface area contributed by atoms with Gasteiger partial charge in [-0.3, -0.25) is 4.79 Å². The van der Waals surface area contributed by atoms with Crippen molar-refractivity contribution in [3.8, 4) is 5.75 Å². The van der Waals surface area contributed by atoms with Gasteiger partial charge in [0.05, 0.1) is 25.5 Å². The van der Waals surface area contributed by atoms with Crippen LogP contribution in [0.2, 0.25) is 0 Å². The van der Waals surface area contributed by atoms with Crippen molar-refractivity contribution in [2.24, 2.45) is 0 Å². The van der Waals surface area contributed by atoms with Crippen LogP contribution >= 0.6 is 15.9 Å². The van der Waals surface area contributed by atoms with Gasteiger partial charge in [0, 0.05) is 22.6 Å². The van der Waals surface area contributed by atoms with E-state index in [4.69, 9.17) is 4.74 Å². The molecule has 112 valence electrons. The lowest BCUT2D eigenvalue weighted by Gasteiger charge is -2.11. The fourth-order valence-electron chi connectivity index (χ4n) is 1.95. The molecule has 0 bridgehead atoms. The first-order valence-corrected chi connectivity index (χ1v) is 7.56. The van der Waals surface area contributed by atoms with Gasteiger partial charge < -0.3 is 10.1 Å². The molecule has 0 radical (unpaired) electrons. The van der Waals surface area contributed by atoms with Crippen molar-refractivity contribution in [1.29, 1.82) is 0 Å². The monoisotopic (exact) mass is 351 g/mol. The van der Waals surface area contributed by atoms with Gasteiger partial charge in [0.15, 0.2) is 0 Å². The van der Waals surface area contributed by atoms with E-state index >= 15 is 0 Å². The second kappa shape index (κ2) is 7.26.